The molecule has 0 unspecified atom stereocenters. The summed E-state index contributed by atoms with van der Waals surface area (Å²) in [6.07, 6.45) is 3.68. The molecule has 0 bridgehead atoms. The van der Waals surface area contributed by atoms with Crippen LogP contribution in [-0.2, 0) is 7.05 Å². The summed E-state index contributed by atoms with van der Waals surface area (Å²) in [7, 11) is 1.96. The summed E-state index contributed by atoms with van der Waals surface area (Å²) in [5, 5.41) is 3.97. The Kier molecular flexibility index (Phi) is 4.61. The van der Waals surface area contributed by atoms with Gasteiger partial charge in [0.1, 0.15) is 5.82 Å². The molecule has 0 spiro atoms. The first-order valence-electron chi connectivity index (χ1n) is 7.82. The molecule has 122 valence electrons. The lowest BCUT2D eigenvalue weighted by Gasteiger charge is -2.34. The van der Waals surface area contributed by atoms with Crippen LogP contribution in [0.1, 0.15) is 13.8 Å². The minimum Gasteiger partial charge on any atom is -0.334 e. The number of thioether (sulfide) groups is 1. The van der Waals surface area contributed by atoms with Gasteiger partial charge in [0.15, 0.2) is 0 Å². The van der Waals surface area contributed by atoms with Crippen molar-refractivity contribution in [2.45, 2.75) is 24.3 Å². The van der Waals surface area contributed by atoms with E-state index in [1.165, 1.54) is 0 Å². The number of carbonyl (C=O) groups is 1. The van der Waals surface area contributed by atoms with Crippen LogP contribution in [0.25, 0.3) is 11.4 Å². The van der Waals surface area contributed by atoms with E-state index in [2.05, 4.69) is 24.1 Å². The Morgan fingerprint density at radius 1 is 1.30 bits per heavy atom. The average molecular weight is 330 g/mol. The third-order valence-electron chi connectivity index (χ3n) is 3.90. The molecular weight excluding hydrogens is 308 g/mol. The number of urea groups is 1. The molecule has 23 heavy (non-hydrogen) atoms. The second-order valence-electron chi connectivity index (χ2n) is 6.04. The molecule has 1 aliphatic heterocycles. The van der Waals surface area contributed by atoms with E-state index >= 15 is 0 Å². The number of hydrogen-bond acceptors (Lipinski definition) is 3. The van der Waals surface area contributed by atoms with Crippen LogP contribution in [0.3, 0.4) is 0 Å². The van der Waals surface area contributed by atoms with Crippen molar-refractivity contribution in [1.82, 2.24) is 14.5 Å². The van der Waals surface area contributed by atoms with E-state index in [1.807, 2.05) is 58.7 Å². The molecule has 1 saturated heterocycles. The molecule has 0 saturated carbocycles. The SMILES string of the molecule is C[C@@H]1CN(C(=O)Nc2cccc(-c3nccn3C)c2)C[C@@H](C)S1. The third-order valence-corrected chi connectivity index (χ3v) is 5.13. The molecule has 0 aliphatic carbocycles. The molecule has 2 heterocycles. The van der Waals surface area contributed by atoms with Gasteiger partial charge in [0, 0.05) is 54.3 Å². The summed E-state index contributed by atoms with van der Waals surface area (Å²) in [5.41, 5.74) is 1.79. The third kappa shape index (κ3) is 3.69. The van der Waals surface area contributed by atoms with Crippen LogP contribution in [0.5, 0.6) is 0 Å². The molecule has 2 atom stereocenters. The maximum Gasteiger partial charge on any atom is 0.321 e. The fourth-order valence-corrected chi connectivity index (χ4v) is 4.25. The van der Waals surface area contributed by atoms with Crippen molar-refractivity contribution >= 4 is 23.5 Å². The lowest BCUT2D eigenvalue weighted by atomic mass is 10.2. The van der Waals surface area contributed by atoms with Gasteiger partial charge in [-0.1, -0.05) is 26.0 Å². The first-order valence-corrected chi connectivity index (χ1v) is 8.76. The Hall–Kier alpha value is -1.95. The Bertz CT molecular complexity index is 689. The second-order valence-corrected chi connectivity index (χ2v) is 7.92. The van der Waals surface area contributed by atoms with Crippen molar-refractivity contribution in [2.75, 3.05) is 18.4 Å². The summed E-state index contributed by atoms with van der Waals surface area (Å²) in [5.74, 6) is 0.887. The Morgan fingerprint density at radius 2 is 2.04 bits per heavy atom. The highest BCUT2D eigenvalue weighted by Gasteiger charge is 2.25. The van der Waals surface area contributed by atoms with Crippen molar-refractivity contribution in [2.24, 2.45) is 7.05 Å². The predicted molar refractivity (Wildman–Crippen MR) is 95.8 cm³/mol. The van der Waals surface area contributed by atoms with Crippen molar-refractivity contribution in [3.05, 3.63) is 36.7 Å². The van der Waals surface area contributed by atoms with Gasteiger partial charge in [0.05, 0.1) is 0 Å². The minimum absolute atomic E-state index is 0.0269. The van der Waals surface area contributed by atoms with Gasteiger partial charge in [-0.2, -0.15) is 11.8 Å². The highest BCUT2D eigenvalue weighted by molar-refractivity contribution is 8.00. The van der Waals surface area contributed by atoms with Gasteiger partial charge in [-0.15, -0.1) is 0 Å². The molecule has 1 aliphatic rings. The van der Waals surface area contributed by atoms with E-state index < -0.39 is 0 Å². The molecule has 5 nitrogen and oxygen atoms in total. The fraction of sp³-hybridized carbons (Fsp3) is 0.412. The molecular formula is C17H22N4OS. The zero-order chi connectivity index (χ0) is 16.4. The smallest absolute Gasteiger partial charge is 0.321 e. The monoisotopic (exact) mass is 330 g/mol. The van der Waals surface area contributed by atoms with Crippen LogP contribution in [0.4, 0.5) is 10.5 Å². The second kappa shape index (κ2) is 6.66. The molecule has 1 fully saturated rings. The molecule has 6 heteroatoms. The number of nitrogens with zero attached hydrogens (tertiary/aromatic N) is 3. The van der Waals surface area contributed by atoms with E-state index in [0.29, 0.717) is 10.5 Å². The Morgan fingerprint density at radius 3 is 2.70 bits per heavy atom. The quantitative estimate of drug-likeness (QED) is 0.917. The average Bonchev–Trinajstić information content (AvgIpc) is 2.92. The number of imidazole rings is 1. The molecule has 2 aromatic rings. The number of aromatic nitrogens is 2. The Balaban J connectivity index is 1.73. The van der Waals surface area contributed by atoms with Crippen molar-refractivity contribution < 1.29 is 4.79 Å². The van der Waals surface area contributed by atoms with Crippen LogP contribution in [0, 0.1) is 0 Å². The summed E-state index contributed by atoms with van der Waals surface area (Å²) >= 11 is 1.94. The first kappa shape index (κ1) is 15.9. The van der Waals surface area contributed by atoms with E-state index in [4.69, 9.17) is 0 Å². The van der Waals surface area contributed by atoms with Crippen LogP contribution in [0.15, 0.2) is 36.7 Å². The van der Waals surface area contributed by atoms with Gasteiger partial charge in [0.25, 0.3) is 0 Å². The number of rotatable bonds is 2. The minimum atomic E-state index is -0.0269. The lowest BCUT2D eigenvalue weighted by molar-refractivity contribution is 0.211. The molecule has 3 rings (SSSR count). The summed E-state index contributed by atoms with van der Waals surface area (Å²) in [6.45, 7) is 5.92. The Labute approximate surface area is 141 Å². The standard InChI is InChI=1S/C17H22N4OS/c1-12-10-21(11-13(2)23-12)17(22)19-15-6-4-5-14(9-15)16-18-7-8-20(16)3/h4-9,12-13H,10-11H2,1-3H3,(H,19,22)/t12-,13-/m1/s1. The molecule has 1 aromatic carbocycles. The van der Waals surface area contributed by atoms with Crippen molar-refractivity contribution in [1.29, 1.82) is 0 Å². The van der Waals surface area contributed by atoms with E-state index in [-0.39, 0.29) is 6.03 Å². The normalized spacial score (nSPS) is 21.3. The molecule has 1 N–H and O–H groups in total. The zero-order valence-corrected chi connectivity index (χ0v) is 14.5. The van der Waals surface area contributed by atoms with Gasteiger partial charge < -0.3 is 14.8 Å². The van der Waals surface area contributed by atoms with Gasteiger partial charge in [-0.3, -0.25) is 0 Å². The van der Waals surface area contributed by atoms with Crippen LogP contribution in [-0.4, -0.2) is 44.1 Å². The first-order chi connectivity index (χ1) is 11.0. The maximum absolute atomic E-state index is 12.5. The fourth-order valence-electron chi connectivity index (χ4n) is 2.93. The van der Waals surface area contributed by atoms with E-state index in [1.54, 1.807) is 6.20 Å². The van der Waals surface area contributed by atoms with Crippen LogP contribution < -0.4 is 5.32 Å². The number of anilines is 1. The summed E-state index contributed by atoms with van der Waals surface area (Å²) in [6, 6.07) is 7.79. The van der Waals surface area contributed by atoms with Gasteiger partial charge in [-0.05, 0) is 12.1 Å². The topological polar surface area (TPSA) is 50.2 Å². The predicted octanol–water partition coefficient (Wildman–Crippen LogP) is 3.44. The number of hydrogen-bond donors (Lipinski definition) is 1. The molecule has 2 amide bonds. The summed E-state index contributed by atoms with van der Waals surface area (Å²) < 4.78 is 1.96. The molecule has 0 radical (unpaired) electrons. The van der Waals surface area contributed by atoms with Crippen molar-refractivity contribution in [3.8, 4) is 11.4 Å². The largest absolute Gasteiger partial charge is 0.334 e. The van der Waals surface area contributed by atoms with Crippen LogP contribution >= 0.6 is 11.8 Å². The molecule has 1 aromatic heterocycles. The number of nitrogens with one attached hydrogen (secondary N) is 1. The van der Waals surface area contributed by atoms with E-state index in [9.17, 15) is 4.79 Å². The van der Waals surface area contributed by atoms with Gasteiger partial charge in [0.2, 0.25) is 0 Å². The van der Waals surface area contributed by atoms with Crippen molar-refractivity contribution in [3.63, 3.8) is 0 Å². The summed E-state index contributed by atoms with van der Waals surface area (Å²) in [4.78, 5) is 18.8. The number of carbonyl (C=O) groups excluding carboxylic acids is 1. The number of aryl methyl sites for hydroxylation is 1. The highest BCUT2D eigenvalue weighted by Crippen LogP contribution is 2.26. The van der Waals surface area contributed by atoms with Crippen LogP contribution in [0.2, 0.25) is 0 Å². The number of amides is 2. The number of benzene rings is 1. The van der Waals surface area contributed by atoms with Gasteiger partial charge in [-0.25, -0.2) is 9.78 Å². The highest BCUT2D eigenvalue weighted by atomic mass is 32.2. The van der Waals surface area contributed by atoms with E-state index in [0.717, 1.165) is 30.2 Å². The lowest BCUT2D eigenvalue weighted by Crippen LogP contribution is -2.46. The van der Waals surface area contributed by atoms with Gasteiger partial charge >= 0.3 is 6.03 Å². The maximum atomic E-state index is 12.5. The zero-order valence-electron chi connectivity index (χ0n) is 13.7.